The molecule has 0 bridgehead atoms. The predicted octanol–water partition coefficient (Wildman–Crippen LogP) is 7.31. The summed E-state index contributed by atoms with van der Waals surface area (Å²) in [5.74, 6) is -0.729. The number of rotatable bonds is 12. The van der Waals surface area contributed by atoms with Crippen LogP contribution in [0.3, 0.4) is 0 Å². The molecule has 0 aliphatic rings. The topological polar surface area (TPSA) is 110 Å². The molecular weight excluding hydrogens is 678 g/mol. The van der Waals surface area contributed by atoms with Crippen molar-refractivity contribution in [1.82, 2.24) is 0 Å². The average molecular weight is 725 g/mol. The van der Waals surface area contributed by atoms with Crippen molar-refractivity contribution in [2.24, 2.45) is 0 Å². The van der Waals surface area contributed by atoms with Gasteiger partial charge >= 0.3 is 29.6 Å². The summed E-state index contributed by atoms with van der Waals surface area (Å²) >= 11 is 0. The summed E-state index contributed by atoms with van der Waals surface area (Å²) in [7, 11) is -2.16. The van der Waals surface area contributed by atoms with Crippen LogP contribution in [0.15, 0.2) is 109 Å². The van der Waals surface area contributed by atoms with Crippen molar-refractivity contribution >= 4 is 28.1 Å². The molecule has 5 rings (SSSR count). The van der Waals surface area contributed by atoms with Crippen LogP contribution in [0, 0.1) is 20.8 Å². The minimum absolute atomic E-state index is 0. The molecule has 0 unspecified atom stereocenters. The van der Waals surface area contributed by atoms with E-state index < -0.39 is 16.6 Å². The van der Waals surface area contributed by atoms with Gasteiger partial charge in [-0.2, -0.15) is 0 Å². The maximum atomic E-state index is 14.0. The van der Waals surface area contributed by atoms with Gasteiger partial charge in [-0.3, -0.25) is 9.59 Å². The SMILES string of the molecule is Cc1cc(C)c(-c2ccc(NC(=O)[C@H](Cc3ccc(C(=O)CCC[S-](=O)=O)cc3)c3ccc(-c4ccc(C(C)(C)C)cc4)cc3)cc2)c(C)c1.[Na+].[OH-]. The fraction of sp³-hybridized carbons (Fsp3) is 0.273. The maximum Gasteiger partial charge on any atom is 1.00 e. The first kappa shape index (κ1) is 42.6. The van der Waals surface area contributed by atoms with Gasteiger partial charge in [0.05, 0.1) is 5.92 Å². The molecule has 0 saturated heterocycles. The van der Waals surface area contributed by atoms with Crippen molar-refractivity contribution < 1.29 is 53.0 Å². The predicted molar refractivity (Wildman–Crippen MR) is 207 cm³/mol. The third-order valence-electron chi connectivity index (χ3n) is 9.26. The molecule has 0 saturated carbocycles. The molecule has 1 atom stereocenters. The molecule has 0 aliphatic heterocycles. The number of nitrogens with one attached hydrogen (secondary N) is 1. The third-order valence-corrected chi connectivity index (χ3v) is 9.88. The molecule has 0 heterocycles. The van der Waals surface area contributed by atoms with Crippen molar-refractivity contribution in [3.63, 3.8) is 0 Å². The summed E-state index contributed by atoms with van der Waals surface area (Å²) in [5.41, 5.74) is 12.6. The molecule has 0 aliphatic carbocycles. The largest absolute Gasteiger partial charge is 1.00 e. The minimum Gasteiger partial charge on any atom is -0.870 e. The number of carbonyl (C=O) groups is 2. The molecule has 2 N–H and O–H groups in total. The van der Waals surface area contributed by atoms with Crippen LogP contribution in [0.5, 0.6) is 0 Å². The second-order valence-corrected chi connectivity index (χ2v) is 15.3. The number of Topliss-reactive ketones (excluding diaryl/α,β-unsaturated/α-hetero) is 1. The zero-order chi connectivity index (χ0) is 36.0. The van der Waals surface area contributed by atoms with Crippen LogP contribution in [-0.2, 0) is 35.8 Å². The van der Waals surface area contributed by atoms with Crippen LogP contribution in [0.1, 0.15) is 83.3 Å². The summed E-state index contributed by atoms with van der Waals surface area (Å²) in [6.45, 7) is 13.0. The monoisotopic (exact) mass is 724 g/mol. The van der Waals surface area contributed by atoms with Crippen molar-refractivity contribution in [2.45, 2.75) is 72.1 Å². The van der Waals surface area contributed by atoms with Gasteiger partial charge in [0.1, 0.15) is 0 Å². The number of benzene rings is 5. The van der Waals surface area contributed by atoms with Crippen LogP contribution >= 0.6 is 0 Å². The van der Waals surface area contributed by atoms with E-state index in [2.05, 4.69) is 108 Å². The van der Waals surface area contributed by atoms with Gasteiger partial charge in [0.15, 0.2) is 5.78 Å². The van der Waals surface area contributed by atoms with Crippen LogP contribution in [0.4, 0.5) is 5.69 Å². The molecular formula is C44H47NNaO5S-. The Labute approximate surface area is 332 Å². The standard InChI is InChI=1S/C44H46NO4S.Na.H2O/c1-29-26-30(2)42(31(3)27-29)37-19-23-39(24-20-37)45-43(47)40(28-32-9-11-36(12-10-32)41(46)8-7-25-50(48)49)35-15-13-33(14-16-35)34-17-21-38(22-18-34)44(4,5)6;;/h9-24,26-27,40H,7-8,25,28H2,1-6H3,(H,45,47);;1H2/q-1;+1;/p-1/t40-;;/m1../s1. The molecule has 8 heteroatoms. The zero-order valence-electron chi connectivity index (χ0n) is 31.3. The molecule has 0 radical (unpaired) electrons. The van der Waals surface area contributed by atoms with E-state index >= 15 is 0 Å². The number of carbonyl (C=O) groups excluding carboxylic acids is 2. The van der Waals surface area contributed by atoms with E-state index in [0.717, 1.165) is 33.5 Å². The summed E-state index contributed by atoms with van der Waals surface area (Å²) < 4.78 is 21.7. The maximum absolute atomic E-state index is 14.0. The van der Waals surface area contributed by atoms with E-state index in [1.54, 1.807) is 12.1 Å². The molecule has 6 nitrogen and oxygen atoms in total. The fourth-order valence-electron chi connectivity index (χ4n) is 6.57. The Morgan fingerprint density at radius 2 is 1.23 bits per heavy atom. The van der Waals surface area contributed by atoms with Crippen molar-refractivity contribution in [3.05, 3.63) is 148 Å². The number of anilines is 1. The van der Waals surface area contributed by atoms with E-state index in [0.29, 0.717) is 18.4 Å². The molecule has 52 heavy (non-hydrogen) atoms. The normalized spacial score (nSPS) is 11.7. The van der Waals surface area contributed by atoms with E-state index in [1.807, 2.05) is 36.4 Å². The third kappa shape index (κ3) is 11.1. The van der Waals surface area contributed by atoms with Gasteiger partial charge in [-0.15, -0.1) is 0 Å². The molecule has 5 aromatic rings. The molecule has 5 aromatic carbocycles. The number of ketones is 1. The first-order chi connectivity index (χ1) is 23.8. The van der Waals surface area contributed by atoms with Gasteiger partial charge in [-0.1, -0.05) is 146 Å². The Kier molecular flexibility index (Phi) is 15.4. The Morgan fingerprint density at radius 1 is 0.712 bits per heavy atom. The summed E-state index contributed by atoms with van der Waals surface area (Å²) in [6.07, 6.45) is 0.904. The average Bonchev–Trinajstić information content (AvgIpc) is 3.07. The van der Waals surface area contributed by atoms with E-state index in [1.165, 1.54) is 27.8 Å². The van der Waals surface area contributed by atoms with E-state index in [9.17, 15) is 18.0 Å². The Morgan fingerprint density at radius 3 is 1.75 bits per heavy atom. The van der Waals surface area contributed by atoms with Crippen LogP contribution in [-0.4, -0.2) is 22.9 Å². The molecule has 0 spiro atoms. The van der Waals surface area contributed by atoms with Gasteiger partial charge in [0.25, 0.3) is 0 Å². The van der Waals surface area contributed by atoms with Crippen molar-refractivity contribution in [2.75, 3.05) is 11.1 Å². The minimum atomic E-state index is -2.16. The smallest absolute Gasteiger partial charge is 0.870 e. The van der Waals surface area contributed by atoms with Gasteiger partial charge in [0.2, 0.25) is 5.91 Å². The van der Waals surface area contributed by atoms with Gasteiger partial charge in [0, 0.05) is 17.7 Å². The summed E-state index contributed by atoms with van der Waals surface area (Å²) in [4.78, 5) is 26.6. The Bertz CT molecular complexity index is 2010. The molecule has 0 fully saturated rings. The Balaban J connectivity index is 0.00000364. The van der Waals surface area contributed by atoms with Crippen molar-refractivity contribution in [1.29, 1.82) is 0 Å². The van der Waals surface area contributed by atoms with Crippen LogP contribution in [0.25, 0.3) is 22.3 Å². The zero-order valence-corrected chi connectivity index (χ0v) is 34.1. The first-order valence-corrected chi connectivity index (χ1v) is 18.4. The van der Waals surface area contributed by atoms with Gasteiger partial charge in [-0.25, -0.2) is 0 Å². The molecule has 266 valence electrons. The number of aryl methyl sites for hydroxylation is 3. The fourth-order valence-corrected chi connectivity index (χ4v) is 6.95. The van der Waals surface area contributed by atoms with Crippen LogP contribution < -0.4 is 34.9 Å². The molecule has 0 aromatic heterocycles. The van der Waals surface area contributed by atoms with Crippen molar-refractivity contribution in [3.8, 4) is 22.3 Å². The number of hydrogen-bond donors (Lipinski definition) is 1. The van der Waals surface area contributed by atoms with Gasteiger partial charge in [-0.05, 0) is 94.8 Å². The number of amides is 1. The summed E-state index contributed by atoms with van der Waals surface area (Å²) in [5, 5.41) is 3.16. The second-order valence-electron chi connectivity index (χ2n) is 14.3. The number of hydrogen-bond acceptors (Lipinski definition) is 6. The van der Waals surface area contributed by atoms with E-state index in [-0.39, 0.29) is 64.3 Å². The Hall–Kier alpha value is -3.85. The van der Waals surface area contributed by atoms with E-state index in [4.69, 9.17) is 0 Å². The van der Waals surface area contributed by atoms with Gasteiger partial charge < -0.3 is 19.2 Å². The quantitative estimate of drug-likeness (QED) is 0.0825. The summed E-state index contributed by atoms with van der Waals surface area (Å²) in [6, 6.07) is 36.5. The first-order valence-electron chi connectivity index (χ1n) is 17.2. The second kappa shape index (κ2) is 18.8. The van der Waals surface area contributed by atoms with Crippen LogP contribution in [0.2, 0.25) is 0 Å². The molecule has 1 amide bonds.